The molecule has 0 saturated carbocycles. The Morgan fingerprint density at radius 3 is 2.44 bits per heavy atom. The van der Waals surface area contributed by atoms with Crippen molar-refractivity contribution in [1.82, 2.24) is 0 Å². The number of methoxy groups -OCH3 is 1. The van der Waals surface area contributed by atoms with E-state index < -0.39 is 26.7 Å². The van der Waals surface area contributed by atoms with Crippen LogP contribution in [0.15, 0.2) is 81.9 Å². The molecule has 3 N–H and O–H groups in total. The number of carbonyl (C=O) groups excluding carboxylic acids is 1. The minimum Gasteiger partial charge on any atom is -0.505 e. The summed E-state index contributed by atoms with van der Waals surface area (Å²) >= 11 is 6.27. The van der Waals surface area contributed by atoms with Crippen LogP contribution in [0.1, 0.15) is 15.9 Å². The largest absolute Gasteiger partial charge is 0.505 e. The minimum absolute atomic E-state index is 0.0238. The van der Waals surface area contributed by atoms with Crippen LogP contribution < -0.4 is 10.1 Å². The SMILES string of the molecule is COc1ccccc1NC(=O)c1cc2ccccc2c(N=Nc2cc(S(=O)(=O)O)cc(C)c2Cl)c1O. The second-order valence-electron chi connectivity index (χ2n) is 7.75. The third-order valence-electron chi connectivity index (χ3n) is 5.36. The van der Waals surface area contributed by atoms with E-state index in [1.165, 1.54) is 19.2 Å². The smallest absolute Gasteiger partial charge is 0.294 e. The third kappa shape index (κ3) is 5.01. The number of halogens is 1. The predicted molar refractivity (Wildman–Crippen MR) is 137 cm³/mol. The van der Waals surface area contributed by atoms with Crippen LogP contribution in [0, 0.1) is 6.92 Å². The number of phenols is 1. The first kappa shape index (κ1) is 25.1. The number of amides is 1. The summed E-state index contributed by atoms with van der Waals surface area (Å²) in [4.78, 5) is 12.7. The molecule has 4 rings (SSSR count). The number of azo groups is 1. The van der Waals surface area contributed by atoms with E-state index in [-0.39, 0.29) is 22.0 Å². The van der Waals surface area contributed by atoms with Gasteiger partial charge in [0.25, 0.3) is 16.0 Å². The van der Waals surface area contributed by atoms with E-state index in [1.54, 1.807) is 55.5 Å². The Balaban J connectivity index is 1.83. The van der Waals surface area contributed by atoms with E-state index in [4.69, 9.17) is 16.3 Å². The number of ether oxygens (including phenoxy) is 1. The average molecular weight is 526 g/mol. The van der Waals surface area contributed by atoms with Crippen LogP contribution in [-0.2, 0) is 10.1 Å². The van der Waals surface area contributed by atoms with Crippen LogP contribution in [0.5, 0.6) is 11.5 Å². The first-order valence-corrected chi connectivity index (χ1v) is 12.3. The molecule has 0 bridgehead atoms. The van der Waals surface area contributed by atoms with Crippen molar-refractivity contribution >= 4 is 55.5 Å². The second kappa shape index (κ2) is 9.94. The number of rotatable bonds is 6. The summed E-state index contributed by atoms with van der Waals surface area (Å²) in [6.07, 6.45) is 0. The first-order chi connectivity index (χ1) is 17.1. The van der Waals surface area contributed by atoms with Gasteiger partial charge < -0.3 is 15.2 Å². The van der Waals surface area contributed by atoms with E-state index in [0.717, 1.165) is 6.07 Å². The van der Waals surface area contributed by atoms with Crippen LogP contribution >= 0.6 is 11.6 Å². The lowest BCUT2D eigenvalue weighted by Gasteiger charge is -2.13. The highest BCUT2D eigenvalue weighted by atomic mass is 35.5. The first-order valence-electron chi connectivity index (χ1n) is 10.5. The fourth-order valence-corrected chi connectivity index (χ4v) is 4.31. The van der Waals surface area contributed by atoms with Crippen molar-refractivity contribution in [2.24, 2.45) is 10.2 Å². The molecule has 4 aromatic carbocycles. The number of nitrogens with zero attached hydrogens (tertiary/aromatic N) is 2. The van der Waals surface area contributed by atoms with Crippen LogP contribution in [0.2, 0.25) is 5.02 Å². The lowest BCUT2D eigenvalue weighted by molar-refractivity contribution is 0.102. The quantitative estimate of drug-likeness (QED) is 0.196. The summed E-state index contributed by atoms with van der Waals surface area (Å²) < 4.78 is 37.9. The van der Waals surface area contributed by atoms with Gasteiger partial charge in [-0.2, -0.15) is 8.42 Å². The lowest BCUT2D eigenvalue weighted by Crippen LogP contribution is -2.13. The zero-order valence-electron chi connectivity index (χ0n) is 19.1. The van der Waals surface area contributed by atoms with Crippen molar-refractivity contribution < 1.29 is 27.6 Å². The molecule has 0 fully saturated rings. The highest BCUT2D eigenvalue weighted by Gasteiger charge is 2.20. The molecule has 0 atom stereocenters. The molecule has 1 amide bonds. The van der Waals surface area contributed by atoms with Gasteiger partial charge in [-0.05, 0) is 48.2 Å². The van der Waals surface area contributed by atoms with Gasteiger partial charge in [0.15, 0.2) is 5.75 Å². The van der Waals surface area contributed by atoms with Gasteiger partial charge in [0.1, 0.15) is 17.1 Å². The highest BCUT2D eigenvalue weighted by Crippen LogP contribution is 2.41. The fourth-order valence-electron chi connectivity index (χ4n) is 3.57. The average Bonchev–Trinajstić information content (AvgIpc) is 2.85. The summed E-state index contributed by atoms with van der Waals surface area (Å²) in [5, 5.41) is 23.1. The monoisotopic (exact) mass is 525 g/mol. The molecule has 0 aliphatic rings. The molecular weight excluding hydrogens is 506 g/mol. The summed E-state index contributed by atoms with van der Waals surface area (Å²) in [7, 11) is -3.04. The van der Waals surface area contributed by atoms with Crippen molar-refractivity contribution in [2.75, 3.05) is 12.4 Å². The maximum atomic E-state index is 13.1. The number of carbonyl (C=O) groups is 1. The number of nitrogens with one attached hydrogen (secondary N) is 1. The summed E-state index contributed by atoms with van der Waals surface area (Å²) in [6, 6.07) is 17.5. The minimum atomic E-state index is -4.52. The normalized spacial score (nSPS) is 11.7. The van der Waals surface area contributed by atoms with Crippen LogP contribution in [0.3, 0.4) is 0 Å². The van der Waals surface area contributed by atoms with Gasteiger partial charge in [0.05, 0.1) is 28.3 Å². The summed E-state index contributed by atoms with van der Waals surface area (Å²) in [5.74, 6) is -0.611. The topological polar surface area (TPSA) is 138 Å². The van der Waals surface area contributed by atoms with E-state index >= 15 is 0 Å². The number of hydrogen-bond acceptors (Lipinski definition) is 7. The molecule has 184 valence electrons. The van der Waals surface area contributed by atoms with Crippen molar-refractivity contribution in [3.8, 4) is 11.5 Å². The van der Waals surface area contributed by atoms with Gasteiger partial charge in [0.2, 0.25) is 0 Å². The number of aromatic hydroxyl groups is 1. The van der Waals surface area contributed by atoms with Crippen LogP contribution in [0.25, 0.3) is 10.8 Å². The van der Waals surface area contributed by atoms with Crippen LogP contribution in [0.4, 0.5) is 17.1 Å². The summed E-state index contributed by atoms with van der Waals surface area (Å²) in [5.41, 5.74) is 0.619. The molecule has 0 aliphatic carbocycles. The predicted octanol–water partition coefficient (Wildman–Crippen LogP) is 6.43. The maximum absolute atomic E-state index is 13.1. The number of anilines is 1. The number of aryl methyl sites for hydroxylation is 1. The molecule has 0 aromatic heterocycles. The maximum Gasteiger partial charge on any atom is 0.294 e. The molecule has 0 heterocycles. The Kier molecular flexibility index (Phi) is 6.93. The van der Waals surface area contributed by atoms with Gasteiger partial charge in [-0.15, -0.1) is 10.2 Å². The zero-order valence-corrected chi connectivity index (χ0v) is 20.6. The Hall–Kier alpha value is -3.99. The molecule has 4 aromatic rings. The molecular formula is C25H20ClN3O6S. The van der Waals surface area contributed by atoms with E-state index in [2.05, 4.69) is 15.5 Å². The van der Waals surface area contributed by atoms with E-state index in [0.29, 0.717) is 27.8 Å². The Labute approximate surface area is 211 Å². The molecule has 9 nitrogen and oxygen atoms in total. The molecule has 36 heavy (non-hydrogen) atoms. The molecule has 0 saturated heterocycles. The van der Waals surface area contributed by atoms with Crippen LogP contribution in [-0.4, -0.2) is 31.1 Å². The number of phenolic OH excluding ortho intramolecular Hbond substituents is 1. The third-order valence-corrected chi connectivity index (χ3v) is 6.68. The Morgan fingerprint density at radius 2 is 1.72 bits per heavy atom. The van der Waals surface area contributed by atoms with Gasteiger partial charge in [0, 0.05) is 5.39 Å². The van der Waals surface area contributed by atoms with Gasteiger partial charge >= 0.3 is 0 Å². The molecule has 0 aliphatic heterocycles. The van der Waals surface area contributed by atoms with Crippen molar-refractivity contribution in [1.29, 1.82) is 0 Å². The van der Waals surface area contributed by atoms with E-state index in [9.17, 15) is 22.9 Å². The lowest BCUT2D eigenvalue weighted by atomic mass is 10.0. The second-order valence-corrected chi connectivity index (χ2v) is 9.54. The molecule has 0 unspecified atom stereocenters. The fraction of sp³-hybridized carbons (Fsp3) is 0.0800. The van der Waals surface area contributed by atoms with Gasteiger partial charge in [-0.25, -0.2) is 0 Å². The zero-order chi connectivity index (χ0) is 26.0. The van der Waals surface area contributed by atoms with Gasteiger partial charge in [-0.1, -0.05) is 48.0 Å². The van der Waals surface area contributed by atoms with E-state index in [1.807, 2.05) is 0 Å². The number of fused-ring (bicyclic) bond motifs is 1. The molecule has 0 radical (unpaired) electrons. The van der Waals surface area contributed by atoms with Crippen molar-refractivity contribution in [3.63, 3.8) is 0 Å². The highest BCUT2D eigenvalue weighted by molar-refractivity contribution is 7.85. The number of hydrogen-bond donors (Lipinski definition) is 3. The summed E-state index contributed by atoms with van der Waals surface area (Å²) in [6.45, 7) is 1.55. The number of benzene rings is 4. The van der Waals surface area contributed by atoms with Gasteiger partial charge in [-0.3, -0.25) is 9.35 Å². The Bertz CT molecular complexity index is 1640. The Morgan fingerprint density at radius 1 is 1.03 bits per heavy atom. The molecule has 11 heteroatoms. The number of para-hydroxylation sites is 2. The standard InChI is InChI=1S/C25H20ClN3O6S/c1-14-11-16(36(32,33)34)13-20(22(14)26)28-29-23-17-8-4-3-7-15(17)12-18(24(23)30)25(31)27-19-9-5-6-10-21(19)35-2/h3-13,30H,1-2H3,(H,27,31)(H,32,33,34). The van der Waals surface area contributed by atoms with Crippen molar-refractivity contribution in [2.45, 2.75) is 11.8 Å². The molecule has 0 spiro atoms. The van der Waals surface area contributed by atoms with Crippen molar-refractivity contribution in [3.05, 3.63) is 82.9 Å².